The number of phenols is 2. The molecule has 10 N–H and O–H groups in total. The number of nitrogens with one attached hydrogen (secondary N) is 5. The molecule has 7 atom stereocenters. The van der Waals surface area contributed by atoms with Crippen molar-refractivity contribution in [1.29, 1.82) is 0 Å². The molecule has 0 saturated carbocycles. The van der Waals surface area contributed by atoms with Gasteiger partial charge < -0.3 is 52.5 Å². The van der Waals surface area contributed by atoms with E-state index in [1.54, 1.807) is 52.0 Å². The van der Waals surface area contributed by atoms with Crippen molar-refractivity contribution in [2.75, 3.05) is 6.54 Å². The Labute approximate surface area is 364 Å². The zero-order valence-electron chi connectivity index (χ0n) is 37.1. The molecule has 0 aliphatic carbocycles. The second-order valence-corrected chi connectivity index (χ2v) is 17.8. The number of nitrogens with zero attached hydrogens (tertiary/aromatic N) is 1. The van der Waals surface area contributed by atoms with Crippen LogP contribution in [0.1, 0.15) is 92.2 Å². The van der Waals surface area contributed by atoms with Crippen LogP contribution >= 0.6 is 0 Å². The molecule has 1 heterocycles. The number of rotatable bonds is 22. The molecule has 2 aromatic rings. The first-order chi connectivity index (χ1) is 29.1. The Morgan fingerprint density at radius 1 is 0.613 bits per heavy atom. The number of hydrogen-bond donors (Lipinski definition) is 9. The smallest absolute Gasteiger partial charge is 0.326 e. The SMILES string of the molecule is CC(C)C[C@@H](NC(=O)[C@@H](NC(=O)[C@H](Cc1ccc(O)cc1)NC(=O)[C@H](Cc1ccc(O)cc1)NC(=O)[C@@H]1CCCN1C(=O)[C@@H](CC(C)C)NC(=O)[C@@H](N)C(C)C)C(C)C)C(=O)O. The zero-order valence-corrected chi connectivity index (χ0v) is 37.1. The number of phenolic OH excluding ortho intramolecular Hbond substituents is 2. The van der Waals surface area contributed by atoms with E-state index >= 15 is 0 Å². The van der Waals surface area contributed by atoms with Crippen molar-refractivity contribution in [2.24, 2.45) is 29.4 Å². The van der Waals surface area contributed by atoms with Crippen LogP contribution in [0.2, 0.25) is 0 Å². The average molecular weight is 866 g/mol. The molecular weight excluding hydrogens is 799 g/mol. The molecule has 17 heteroatoms. The van der Waals surface area contributed by atoms with Gasteiger partial charge in [0.05, 0.1) is 6.04 Å². The van der Waals surface area contributed by atoms with Gasteiger partial charge in [0.1, 0.15) is 47.8 Å². The van der Waals surface area contributed by atoms with E-state index in [2.05, 4.69) is 26.6 Å². The molecule has 342 valence electrons. The van der Waals surface area contributed by atoms with Crippen LogP contribution in [0.25, 0.3) is 0 Å². The molecule has 0 aromatic heterocycles. The second-order valence-electron chi connectivity index (χ2n) is 17.8. The van der Waals surface area contributed by atoms with E-state index in [4.69, 9.17) is 5.73 Å². The van der Waals surface area contributed by atoms with E-state index in [9.17, 15) is 48.9 Å². The van der Waals surface area contributed by atoms with Crippen LogP contribution in [0.4, 0.5) is 0 Å². The number of aliphatic carboxylic acids is 1. The predicted molar refractivity (Wildman–Crippen MR) is 232 cm³/mol. The highest BCUT2D eigenvalue weighted by atomic mass is 16.4. The quantitative estimate of drug-likeness (QED) is 0.0828. The fourth-order valence-electron chi connectivity index (χ4n) is 7.20. The molecule has 2 aromatic carbocycles. The van der Waals surface area contributed by atoms with Crippen molar-refractivity contribution in [3.63, 3.8) is 0 Å². The fourth-order valence-corrected chi connectivity index (χ4v) is 7.20. The highest BCUT2D eigenvalue weighted by Crippen LogP contribution is 2.22. The first-order valence-electron chi connectivity index (χ1n) is 21.4. The van der Waals surface area contributed by atoms with Crippen LogP contribution in [0, 0.1) is 23.7 Å². The summed E-state index contributed by atoms with van der Waals surface area (Å²) in [6, 6.07) is 4.10. The number of carboxylic acid groups (broad SMARTS) is 1. The summed E-state index contributed by atoms with van der Waals surface area (Å²) in [5.41, 5.74) is 7.18. The lowest BCUT2D eigenvalue weighted by Crippen LogP contribution is -2.61. The number of likely N-dealkylation sites (tertiary alicyclic amines) is 1. The van der Waals surface area contributed by atoms with Gasteiger partial charge in [0, 0.05) is 19.4 Å². The summed E-state index contributed by atoms with van der Waals surface area (Å²) in [6.07, 6.45) is 1.02. The minimum Gasteiger partial charge on any atom is -0.508 e. The summed E-state index contributed by atoms with van der Waals surface area (Å²) in [5.74, 6) is -5.83. The number of hydrogen-bond acceptors (Lipinski definition) is 10. The molecule has 1 aliphatic heterocycles. The Kier molecular flexibility index (Phi) is 19.2. The molecule has 0 spiro atoms. The van der Waals surface area contributed by atoms with Gasteiger partial charge in [0.15, 0.2) is 0 Å². The fraction of sp³-hybridized carbons (Fsp3) is 0.578. The number of carboxylic acids is 1. The number of benzene rings is 2. The third kappa shape index (κ3) is 15.3. The maximum atomic E-state index is 14.4. The van der Waals surface area contributed by atoms with Gasteiger partial charge in [0.25, 0.3) is 0 Å². The Balaban J connectivity index is 1.95. The largest absolute Gasteiger partial charge is 0.508 e. The van der Waals surface area contributed by atoms with Gasteiger partial charge in [-0.05, 0) is 84.7 Å². The molecule has 3 rings (SSSR count). The minimum absolute atomic E-state index is 0.0104. The summed E-state index contributed by atoms with van der Waals surface area (Å²) in [4.78, 5) is 96.7. The van der Waals surface area contributed by atoms with E-state index in [1.807, 2.05) is 27.7 Å². The summed E-state index contributed by atoms with van der Waals surface area (Å²) in [7, 11) is 0. The lowest BCUT2D eigenvalue weighted by Gasteiger charge is -2.31. The van der Waals surface area contributed by atoms with Crippen molar-refractivity contribution in [1.82, 2.24) is 31.5 Å². The number of carbonyl (C=O) groups is 7. The Bertz CT molecular complexity index is 1850. The molecule has 0 radical (unpaired) electrons. The highest BCUT2D eigenvalue weighted by Gasteiger charge is 2.40. The molecule has 6 amide bonds. The molecule has 1 aliphatic rings. The van der Waals surface area contributed by atoms with Crippen molar-refractivity contribution in [3.8, 4) is 11.5 Å². The molecular formula is C45H67N7O10. The van der Waals surface area contributed by atoms with Crippen molar-refractivity contribution < 1.29 is 48.9 Å². The van der Waals surface area contributed by atoms with Gasteiger partial charge in [-0.1, -0.05) is 79.7 Å². The third-order valence-electron chi connectivity index (χ3n) is 10.8. The molecule has 0 bridgehead atoms. The number of amides is 6. The Morgan fingerprint density at radius 3 is 1.53 bits per heavy atom. The van der Waals surface area contributed by atoms with Gasteiger partial charge in [0.2, 0.25) is 35.4 Å². The van der Waals surface area contributed by atoms with E-state index in [1.165, 1.54) is 29.2 Å². The maximum absolute atomic E-state index is 14.4. The molecule has 17 nitrogen and oxygen atoms in total. The van der Waals surface area contributed by atoms with Gasteiger partial charge in [-0.2, -0.15) is 0 Å². The van der Waals surface area contributed by atoms with E-state index in [0.29, 0.717) is 24.0 Å². The first-order valence-corrected chi connectivity index (χ1v) is 21.4. The van der Waals surface area contributed by atoms with E-state index in [-0.39, 0.29) is 61.5 Å². The Hall–Kier alpha value is -5.71. The first kappa shape index (κ1) is 50.6. The van der Waals surface area contributed by atoms with Crippen molar-refractivity contribution in [2.45, 2.75) is 136 Å². The Morgan fingerprint density at radius 2 is 1.06 bits per heavy atom. The summed E-state index contributed by atoms with van der Waals surface area (Å²) in [6.45, 7) is 14.6. The number of aromatic hydroxyl groups is 2. The van der Waals surface area contributed by atoms with Crippen LogP contribution in [-0.4, -0.2) is 110 Å². The predicted octanol–water partition coefficient (Wildman–Crippen LogP) is 2.11. The van der Waals surface area contributed by atoms with Gasteiger partial charge in [-0.25, -0.2) is 4.79 Å². The van der Waals surface area contributed by atoms with Crippen LogP contribution in [0.15, 0.2) is 48.5 Å². The molecule has 1 fully saturated rings. The average Bonchev–Trinajstić information content (AvgIpc) is 3.69. The maximum Gasteiger partial charge on any atom is 0.326 e. The third-order valence-corrected chi connectivity index (χ3v) is 10.8. The van der Waals surface area contributed by atoms with Gasteiger partial charge in [-0.3, -0.25) is 28.8 Å². The van der Waals surface area contributed by atoms with Crippen LogP contribution in [-0.2, 0) is 46.4 Å². The minimum atomic E-state index is -1.34. The normalized spacial score (nSPS) is 16.9. The van der Waals surface area contributed by atoms with E-state index < -0.39 is 89.6 Å². The lowest BCUT2D eigenvalue weighted by molar-refractivity contribution is -0.143. The molecule has 0 unspecified atom stereocenters. The molecule has 62 heavy (non-hydrogen) atoms. The monoisotopic (exact) mass is 865 g/mol. The highest BCUT2D eigenvalue weighted by molar-refractivity contribution is 5.97. The lowest BCUT2D eigenvalue weighted by atomic mass is 9.98. The van der Waals surface area contributed by atoms with Crippen LogP contribution in [0.3, 0.4) is 0 Å². The number of carbonyl (C=O) groups excluding carboxylic acids is 6. The standard InChI is InChI=1S/C45H67N7O10/c1-24(2)20-34(49-42(58)37(46)26(5)6)44(60)52-19-9-10-36(52)41(57)48-32(22-28-11-15-30(53)16-12-28)39(55)47-33(23-29-13-17-31(54)18-14-29)40(56)51-38(27(7)8)43(59)50-35(45(61)62)21-25(3)4/h11-18,24-27,32-38,53-54H,9-10,19-23,46H2,1-8H3,(H,47,55)(H,48,57)(H,49,58)(H,50,59)(H,51,56)(H,61,62)/t32-,33-,34+,35+,36-,37-,38-/m0/s1. The van der Waals surface area contributed by atoms with Gasteiger partial charge >= 0.3 is 5.97 Å². The summed E-state index contributed by atoms with van der Waals surface area (Å²) >= 11 is 0. The van der Waals surface area contributed by atoms with Crippen LogP contribution < -0.4 is 32.3 Å². The summed E-state index contributed by atoms with van der Waals surface area (Å²) < 4.78 is 0. The molecule has 1 saturated heterocycles. The van der Waals surface area contributed by atoms with Crippen molar-refractivity contribution in [3.05, 3.63) is 59.7 Å². The topological polar surface area (TPSA) is 270 Å². The van der Waals surface area contributed by atoms with Crippen molar-refractivity contribution >= 4 is 41.4 Å². The van der Waals surface area contributed by atoms with E-state index in [0.717, 1.165) is 0 Å². The van der Waals surface area contributed by atoms with Crippen LogP contribution in [0.5, 0.6) is 11.5 Å². The second kappa shape index (κ2) is 23.5. The van der Waals surface area contributed by atoms with Gasteiger partial charge in [-0.15, -0.1) is 0 Å². The summed E-state index contributed by atoms with van der Waals surface area (Å²) in [5, 5.41) is 43.2. The zero-order chi connectivity index (χ0) is 46.4. The number of nitrogens with two attached hydrogens (primary N) is 1.